The van der Waals surface area contributed by atoms with Gasteiger partial charge < -0.3 is 15.4 Å². The average molecular weight is 290 g/mol. The molecule has 0 radical (unpaired) electrons. The molecule has 1 aliphatic carbocycles. The Morgan fingerprint density at radius 1 is 1.29 bits per heavy atom. The van der Waals surface area contributed by atoms with E-state index in [9.17, 15) is 4.79 Å². The van der Waals surface area contributed by atoms with Gasteiger partial charge in [-0.3, -0.25) is 4.79 Å². The van der Waals surface area contributed by atoms with Crippen molar-refractivity contribution in [2.45, 2.75) is 38.6 Å². The van der Waals surface area contributed by atoms with Crippen molar-refractivity contribution in [2.75, 3.05) is 26.8 Å². The molecule has 1 amide bonds. The highest BCUT2D eigenvalue weighted by Crippen LogP contribution is 2.25. The summed E-state index contributed by atoms with van der Waals surface area (Å²) < 4.78 is 4.90. The van der Waals surface area contributed by atoms with Crippen LogP contribution in [-0.4, -0.2) is 32.7 Å². The van der Waals surface area contributed by atoms with Crippen molar-refractivity contribution in [3.05, 3.63) is 34.9 Å². The van der Waals surface area contributed by atoms with Crippen LogP contribution >= 0.6 is 0 Å². The summed E-state index contributed by atoms with van der Waals surface area (Å²) in [6.07, 6.45) is 4.21. The Balaban J connectivity index is 1.72. The molecule has 0 fully saturated rings. The monoisotopic (exact) mass is 290 g/mol. The van der Waals surface area contributed by atoms with Gasteiger partial charge in [-0.1, -0.05) is 18.2 Å². The molecule has 0 bridgehead atoms. The minimum absolute atomic E-state index is 0.0701. The summed E-state index contributed by atoms with van der Waals surface area (Å²) in [5, 5.41) is 6.25. The van der Waals surface area contributed by atoms with Gasteiger partial charge in [-0.25, -0.2) is 0 Å². The topological polar surface area (TPSA) is 50.4 Å². The maximum Gasteiger partial charge on any atom is 0.221 e. The molecule has 4 nitrogen and oxygen atoms in total. The summed E-state index contributed by atoms with van der Waals surface area (Å²) in [5.41, 5.74) is 4.32. The number of aryl methyl sites for hydroxylation is 2. The van der Waals surface area contributed by atoms with E-state index < -0.39 is 0 Å². The molecule has 1 aromatic carbocycles. The number of nitrogens with one attached hydrogen (secondary N) is 2. The van der Waals surface area contributed by atoms with Crippen molar-refractivity contribution in [1.29, 1.82) is 0 Å². The molecule has 2 rings (SSSR count). The highest BCUT2D eigenvalue weighted by atomic mass is 16.5. The first-order chi connectivity index (χ1) is 10.2. The van der Waals surface area contributed by atoms with Gasteiger partial charge in [-0.05, 0) is 42.9 Å². The Hall–Kier alpha value is -1.39. The van der Waals surface area contributed by atoms with Crippen molar-refractivity contribution in [3.63, 3.8) is 0 Å². The fourth-order valence-electron chi connectivity index (χ4n) is 2.76. The second-order valence-corrected chi connectivity index (χ2v) is 5.65. The number of rotatable bonds is 8. The maximum atomic E-state index is 11.6. The van der Waals surface area contributed by atoms with E-state index in [1.165, 1.54) is 36.0 Å². The Labute approximate surface area is 127 Å². The lowest BCUT2D eigenvalue weighted by Crippen LogP contribution is -2.30. The molecule has 1 atom stereocenters. The second-order valence-electron chi connectivity index (χ2n) is 5.65. The minimum atomic E-state index is 0.0701. The second kappa shape index (κ2) is 8.15. The SMILES string of the molecule is COCCNC(=O)CCNC(C)c1ccc2c(c1)CCC2. The van der Waals surface area contributed by atoms with Crippen molar-refractivity contribution in [1.82, 2.24) is 10.6 Å². The van der Waals surface area contributed by atoms with Crippen LogP contribution in [0.25, 0.3) is 0 Å². The molecule has 0 aliphatic heterocycles. The van der Waals surface area contributed by atoms with Crippen LogP contribution in [0.15, 0.2) is 18.2 Å². The van der Waals surface area contributed by atoms with Crippen LogP contribution in [0, 0.1) is 0 Å². The van der Waals surface area contributed by atoms with E-state index in [1.807, 2.05) is 0 Å². The quantitative estimate of drug-likeness (QED) is 0.720. The summed E-state index contributed by atoms with van der Waals surface area (Å²) in [5.74, 6) is 0.0701. The highest BCUT2D eigenvalue weighted by molar-refractivity contribution is 5.76. The van der Waals surface area contributed by atoms with Gasteiger partial charge in [-0.15, -0.1) is 0 Å². The van der Waals surface area contributed by atoms with E-state index >= 15 is 0 Å². The molecule has 0 aromatic heterocycles. The van der Waals surface area contributed by atoms with E-state index in [4.69, 9.17) is 4.74 Å². The molecule has 0 heterocycles. The van der Waals surface area contributed by atoms with Gasteiger partial charge in [0, 0.05) is 32.7 Å². The Bertz CT molecular complexity index is 474. The predicted octanol–water partition coefficient (Wildman–Crippen LogP) is 1.98. The molecule has 1 aliphatic rings. The summed E-state index contributed by atoms with van der Waals surface area (Å²) in [7, 11) is 1.63. The first kappa shape index (κ1) is 16.0. The number of amides is 1. The number of benzene rings is 1. The normalized spacial score (nSPS) is 14.8. The lowest BCUT2D eigenvalue weighted by atomic mass is 10.0. The van der Waals surface area contributed by atoms with Crippen LogP contribution in [-0.2, 0) is 22.4 Å². The smallest absolute Gasteiger partial charge is 0.221 e. The summed E-state index contributed by atoms with van der Waals surface area (Å²) >= 11 is 0. The zero-order valence-electron chi connectivity index (χ0n) is 13.1. The van der Waals surface area contributed by atoms with Gasteiger partial charge in [0.25, 0.3) is 0 Å². The molecule has 21 heavy (non-hydrogen) atoms. The predicted molar refractivity (Wildman–Crippen MR) is 84.4 cm³/mol. The molecule has 1 aromatic rings. The number of fused-ring (bicyclic) bond motifs is 1. The molecule has 1 unspecified atom stereocenters. The molecule has 116 valence electrons. The number of hydrogen-bond acceptors (Lipinski definition) is 3. The molecular formula is C17H26N2O2. The Morgan fingerprint density at radius 3 is 2.90 bits per heavy atom. The van der Waals surface area contributed by atoms with Gasteiger partial charge in [0.2, 0.25) is 5.91 Å². The van der Waals surface area contributed by atoms with Gasteiger partial charge in [0.1, 0.15) is 0 Å². The van der Waals surface area contributed by atoms with E-state index in [0.717, 1.165) is 0 Å². The van der Waals surface area contributed by atoms with Crippen molar-refractivity contribution < 1.29 is 9.53 Å². The largest absolute Gasteiger partial charge is 0.383 e. The van der Waals surface area contributed by atoms with Gasteiger partial charge in [-0.2, -0.15) is 0 Å². The van der Waals surface area contributed by atoms with E-state index in [2.05, 4.69) is 35.8 Å². The fourth-order valence-corrected chi connectivity index (χ4v) is 2.76. The van der Waals surface area contributed by atoms with Gasteiger partial charge in [0.15, 0.2) is 0 Å². The van der Waals surface area contributed by atoms with E-state index in [-0.39, 0.29) is 11.9 Å². The van der Waals surface area contributed by atoms with Crippen LogP contribution < -0.4 is 10.6 Å². The van der Waals surface area contributed by atoms with Crippen LogP contribution in [0.4, 0.5) is 0 Å². The summed E-state index contributed by atoms with van der Waals surface area (Å²) in [6, 6.07) is 7.06. The Morgan fingerprint density at radius 2 is 2.10 bits per heavy atom. The van der Waals surface area contributed by atoms with E-state index in [0.29, 0.717) is 26.1 Å². The first-order valence-corrected chi connectivity index (χ1v) is 7.81. The standard InChI is InChI=1S/C17H26N2O2/c1-13(18-9-8-17(20)19-10-11-21-2)15-7-6-14-4-3-5-16(14)12-15/h6-7,12-13,18H,3-5,8-11H2,1-2H3,(H,19,20). The number of methoxy groups -OCH3 is 1. The van der Waals surface area contributed by atoms with Crippen LogP contribution in [0.3, 0.4) is 0 Å². The third-order valence-electron chi connectivity index (χ3n) is 4.05. The fraction of sp³-hybridized carbons (Fsp3) is 0.588. The van der Waals surface area contributed by atoms with Crippen molar-refractivity contribution in [2.24, 2.45) is 0 Å². The van der Waals surface area contributed by atoms with Crippen LogP contribution in [0.2, 0.25) is 0 Å². The Kier molecular flexibility index (Phi) is 6.21. The molecule has 4 heteroatoms. The number of carbonyl (C=O) groups excluding carboxylic acids is 1. The van der Waals surface area contributed by atoms with E-state index in [1.54, 1.807) is 7.11 Å². The number of carbonyl (C=O) groups is 1. The van der Waals surface area contributed by atoms with Gasteiger partial charge in [0.05, 0.1) is 6.61 Å². The zero-order chi connectivity index (χ0) is 15.1. The van der Waals surface area contributed by atoms with Crippen LogP contribution in [0.5, 0.6) is 0 Å². The van der Waals surface area contributed by atoms with Crippen molar-refractivity contribution in [3.8, 4) is 0 Å². The maximum absolute atomic E-state index is 11.6. The lowest BCUT2D eigenvalue weighted by molar-refractivity contribution is -0.121. The van der Waals surface area contributed by atoms with Crippen molar-refractivity contribution >= 4 is 5.91 Å². The van der Waals surface area contributed by atoms with Gasteiger partial charge >= 0.3 is 0 Å². The third kappa shape index (κ3) is 4.83. The zero-order valence-corrected chi connectivity index (χ0v) is 13.1. The lowest BCUT2D eigenvalue weighted by Gasteiger charge is -2.15. The first-order valence-electron chi connectivity index (χ1n) is 7.81. The third-order valence-corrected chi connectivity index (χ3v) is 4.05. The number of hydrogen-bond donors (Lipinski definition) is 2. The molecule has 2 N–H and O–H groups in total. The molecule has 0 saturated heterocycles. The summed E-state index contributed by atoms with van der Waals surface area (Å²) in [4.78, 5) is 11.6. The average Bonchev–Trinajstić information content (AvgIpc) is 2.94. The molecule has 0 saturated carbocycles. The molecule has 0 spiro atoms. The molecular weight excluding hydrogens is 264 g/mol. The minimum Gasteiger partial charge on any atom is -0.383 e. The highest BCUT2D eigenvalue weighted by Gasteiger charge is 2.13. The van der Waals surface area contributed by atoms with Crippen LogP contribution in [0.1, 0.15) is 42.5 Å². The summed E-state index contributed by atoms with van der Waals surface area (Å²) in [6.45, 7) is 3.98. The number of ether oxygens (including phenoxy) is 1.